The molecule has 1 aromatic heterocycles. The SMILES string of the molecule is COc1cncc(N(C)C(=O)Cc2ccccc2COC(C)C)c1. The highest BCUT2D eigenvalue weighted by molar-refractivity contribution is 5.94. The van der Waals surface area contributed by atoms with E-state index in [9.17, 15) is 4.79 Å². The van der Waals surface area contributed by atoms with Crippen LogP contribution in [0.4, 0.5) is 5.69 Å². The van der Waals surface area contributed by atoms with Gasteiger partial charge in [0.2, 0.25) is 5.91 Å². The molecule has 0 radical (unpaired) electrons. The number of benzene rings is 1. The summed E-state index contributed by atoms with van der Waals surface area (Å²) >= 11 is 0. The molecule has 0 aliphatic carbocycles. The summed E-state index contributed by atoms with van der Waals surface area (Å²) in [5.41, 5.74) is 2.72. The summed E-state index contributed by atoms with van der Waals surface area (Å²) in [6.45, 7) is 4.50. The predicted octanol–water partition coefficient (Wildman–Crippen LogP) is 3.22. The average Bonchev–Trinajstić information content (AvgIpc) is 2.60. The zero-order valence-corrected chi connectivity index (χ0v) is 14.7. The van der Waals surface area contributed by atoms with Gasteiger partial charge in [0.05, 0.1) is 44.3 Å². The zero-order chi connectivity index (χ0) is 17.5. The minimum absolute atomic E-state index is 0.0120. The highest BCUT2D eigenvalue weighted by Gasteiger charge is 2.15. The first-order valence-corrected chi connectivity index (χ1v) is 7.95. The number of hydrogen-bond donors (Lipinski definition) is 0. The smallest absolute Gasteiger partial charge is 0.231 e. The van der Waals surface area contributed by atoms with Gasteiger partial charge in [0, 0.05) is 13.1 Å². The molecule has 1 heterocycles. The number of aromatic nitrogens is 1. The Morgan fingerprint density at radius 3 is 2.58 bits per heavy atom. The molecular formula is C19H24N2O3. The third-order valence-corrected chi connectivity index (χ3v) is 3.73. The zero-order valence-electron chi connectivity index (χ0n) is 14.7. The van der Waals surface area contributed by atoms with Crippen molar-refractivity contribution < 1.29 is 14.3 Å². The number of amides is 1. The number of pyridine rings is 1. The van der Waals surface area contributed by atoms with Crippen molar-refractivity contribution in [1.29, 1.82) is 0 Å². The Kier molecular flexibility index (Phi) is 6.32. The molecule has 0 atom stereocenters. The minimum atomic E-state index is -0.0120. The number of carbonyl (C=O) groups excluding carboxylic acids is 1. The summed E-state index contributed by atoms with van der Waals surface area (Å²) < 4.78 is 10.8. The van der Waals surface area contributed by atoms with E-state index in [-0.39, 0.29) is 12.0 Å². The summed E-state index contributed by atoms with van der Waals surface area (Å²) in [5, 5.41) is 0. The van der Waals surface area contributed by atoms with Crippen LogP contribution < -0.4 is 9.64 Å². The van der Waals surface area contributed by atoms with Gasteiger partial charge in [-0.1, -0.05) is 24.3 Å². The van der Waals surface area contributed by atoms with Crippen LogP contribution in [0.1, 0.15) is 25.0 Å². The summed E-state index contributed by atoms with van der Waals surface area (Å²) in [6.07, 6.45) is 3.72. The van der Waals surface area contributed by atoms with Crippen LogP contribution in [-0.2, 0) is 22.6 Å². The summed E-state index contributed by atoms with van der Waals surface area (Å²) in [7, 11) is 3.32. The van der Waals surface area contributed by atoms with Crippen molar-refractivity contribution >= 4 is 11.6 Å². The third-order valence-electron chi connectivity index (χ3n) is 3.73. The van der Waals surface area contributed by atoms with E-state index in [1.807, 2.05) is 38.1 Å². The van der Waals surface area contributed by atoms with E-state index >= 15 is 0 Å². The second kappa shape index (κ2) is 8.45. The maximum atomic E-state index is 12.6. The van der Waals surface area contributed by atoms with Gasteiger partial charge in [-0.2, -0.15) is 0 Å². The van der Waals surface area contributed by atoms with Crippen LogP contribution in [0.5, 0.6) is 5.75 Å². The maximum absolute atomic E-state index is 12.6. The fraction of sp³-hybridized carbons (Fsp3) is 0.368. The van der Waals surface area contributed by atoms with E-state index in [0.29, 0.717) is 24.5 Å². The fourth-order valence-electron chi connectivity index (χ4n) is 2.26. The lowest BCUT2D eigenvalue weighted by Crippen LogP contribution is -2.28. The predicted molar refractivity (Wildman–Crippen MR) is 94.3 cm³/mol. The second-order valence-corrected chi connectivity index (χ2v) is 5.84. The van der Waals surface area contributed by atoms with Crippen molar-refractivity contribution in [3.05, 3.63) is 53.9 Å². The Balaban J connectivity index is 2.11. The van der Waals surface area contributed by atoms with Gasteiger partial charge < -0.3 is 14.4 Å². The molecule has 0 bridgehead atoms. The van der Waals surface area contributed by atoms with Crippen molar-refractivity contribution in [1.82, 2.24) is 4.98 Å². The van der Waals surface area contributed by atoms with Crippen molar-refractivity contribution in [3.8, 4) is 5.75 Å². The lowest BCUT2D eigenvalue weighted by atomic mass is 10.0. The van der Waals surface area contributed by atoms with Crippen LogP contribution in [-0.4, -0.2) is 31.2 Å². The normalized spacial score (nSPS) is 10.7. The second-order valence-electron chi connectivity index (χ2n) is 5.84. The number of rotatable bonds is 7. The Hall–Kier alpha value is -2.40. The van der Waals surface area contributed by atoms with Gasteiger partial charge in [0.1, 0.15) is 5.75 Å². The summed E-state index contributed by atoms with van der Waals surface area (Å²) in [4.78, 5) is 18.3. The van der Waals surface area contributed by atoms with Crippen LogP contribution in [0.25, 0.3) is 0 Å². The molecule has 1 aromatic carbocycles. The number of carbonyl (C=O) groups is 1. The molecule has 0 unspecified atom stereocenters. The molecule has 2 rings (SSSR count). The third kappa shape index (κ3) is 4.80. The molecule has 0 saturated carbocycles. The molecule has 0 spiro atoms. The molecule has 128 valence electrons. The molecule has 1 amide bonds. The number of anilines is 1. The first-order chi connectivity index (χ1) is 11.5. The molecule has 0 fully saturated rings. The molecule has 5 nitrogen and oxygen atoms in total. The van der Waals surface area contributed by atoms with Crippen LogP contribution in [0.3, 0.4) is 0 Å². The molecule has 0 saturated heterocycles. The van der Waals surface area contributed by atoms with E-state index in [2.05, 4.69) is 4.98 Å². The number of likely N-dealkylation sites (N-methyl/N-ethyl adjacent to an activating group) is 1. The monoisotopic (exact) mass is 328 g/mol. The number of methoxy groups -OCH3 is 1. The standard InChI is InChI=1S/C19H24N2O3/c1-14(2)24-13-16-8-6-5-7-15(16)9-19(22)21(3)17-10-18(23-4)12-20-11-17/h5-8,10-12,14H,9,13H2,1-4H3. The number of ether oxygens (including phenoxy) is 2. The average molecular weight is 328 g/mol. The topological polar surface area (TPSA) is 51.7 Å². The summed E-state index contributed by atoms with van der Waals surface area (Å²) in [5.74, 6) is 0.611. The van der Waals surface area contributed by atoms with Gasteiger partial charge >= 0.3 is 0 Å². The van der Waals surface area contributed by atoms with E-state index < -0.39 is 0 Å². The van der Waals surface area contributed by atoms with E-state index in [1.54, 1.807) is 37.5 Å². The van der Waals surface area contributed by atoms with Gasteiger partial charge in [-0.05, 0) is 25.0 Å². The van der Waals surface area contributed by atoms with Crippen LogP contribution in [0.2, 0.25) is 0 Å². The molecular weight excluding hydrogens is 304 g/mol. The van der Waals surface area contributed by atoms with Gasteiger partial charge in [-0.25, -0.2) is 0 Å². The van der Waals surface area contributed by atoms with Crippen LogP contribution >= 0.6 is 0 Å². The van der Waals surface area contributed by atoms with Crippen molar-refractivity contribution in [3.63, 3.8) is 0 Å². The summed E-state index contributed by atoms with van der Waals surface area (Å²) in [6, 6.07) is 9.66. The highest BCUT2D eigenvalue weighted by Crippen LogP contribution is 2.20. The quantitative estimate of drug-likeness (QED) is 0.783. The van der Waals surface area contributed by atoms with Crippen molar-refractivity contribution in [2.45, 2.75) is 33.0 Å². The first-order valence-electron chi connectivity index (χ1n) is 7.95. The molecule has 0 aliphatic heterocycles. The van der Waals surface area contributed by atoms with Gasteiger partial charge in [0.15, 0.2) is 0 Å². The van der Waals surface area contributed by atoms with E-state index in [1.165, 1.54) is 0 Å². The number of hydrogen-bond acceptors (Lipinski definition) is 4. The fourth-order valence-corrected chi connectivity index (χ4v) is 2.26. The van der Waals surface area contributed by atoms with Crippen LogP contribution in [0.15, 0.2) is 42.7 Å². The largest absolute Gasteiger partial charge is 0.495 e. The van der Waals surface area contributed by atoms with Gasteiger partial charge in [-0.15, -0.1) is 0 Å². The Morgan fingerprint density at radius 1 is 1.21 bits per heavy atom. The van der Waals surface area contributed by atoms with Crippen molar-refractivity contribution in [2.24, 2.45) is 0 Å². The van der Waals surface area contributed by atoms with Gasteiger partial charge in [-0.3, -0.25) is 9.78 Å². The Morgan fingerprint density at radius 2 is 1.92 bits per heavy atom. The lowest BCUT2D eigenvalue weighted by molar-refractivity contribution is -0.117. The molecule has 5 heteroatoms. The lowest BCUT2D eigenvalue weighted by Gasteiger charge is -2.19. The van der Waals surface area contributed by atoms with Gasteiger partial charge in [0.25, 0.3) is 0 Å². The molecule has 24 heavy (non-hydrogen) atoms. The molecule has 0 aliphatic rings. The highest BCUT2D eigenvalue weighted by atomic mass is 16.5. The van der Waals surface area contributed by atoms with E-state index in [0.717, 1.165) is 11.1 Å². The molecule has 2 aromatic rings. The van der Waals surface area contributed by atoms with Crippen LogP contribution in [0, 0.1) is 0 Å². The van der Waals surface area contributed by atoms with Crippen molar-refractivity contribution in [2.75, 3.05) is 19.1 Å². The Bertz CT molecular complexity index is 686. The Labute approximate surface area is 143 Å². The first kappa shape index (κ1) is 17.9. The van der Waals surface area contributed by atoms with E-state index in [4.69, 9.17) is 9.47 Å². The minimum Gasteiger partial charge on any atom is -0.495 e. The maximum Gasteiger partial charge on any atom is 0.231 e. The molecule has 0 N–H and O–H groups in total. The number of nitrogens with zero attached hydrogens (tertiary/aromatic N) is 2.